The Labute approximate surface area is 129 Å². The van der Waals surface area contributed by atoms with Gasteiger partial charge in [0.05, 0.1) is 11.3 Å². The third-order valence-electron chi connectivity index (χ3n) is 3.16. The Balaban J connectivity index is 1.89. The normalized spacial score (nSPS) is 10.8. The molecule has 1 aromatic carbocycles. The molecule has 0 aliphatic heterocycles. The summed E-state index contributed by atoms with van der Waals surface area (Å²) >= 11 is 1.39. The van der Waals surface area contributed by atoms with E-state index in [0.29, 0.717) is 22.0 Å². The summed E-state index contributed by atoms with van der Waals surface area (Å²) in [6, 6.07) is 8.13. The first-order valence-electron chi connectivity index (χ1n) is 6.54. The molecule has 112 valence electrons. The van der Waals surface area contributed by atoms with Gasteiger partial charge < -0.3 is 10.5 Å². The number of hydrogen-bond donors (Lipinski definition) is 1. The number of rotatable bonds is 4. The number of carbonyl (C=O) groups is 1. The van der Waals surface area contributed by atoms with Gasteiger partial charge in [0.2, 0.25) is 0 Å². The molecule has 0 radical (unpaired) electrons. The molecule has 0 aliphatic carbocycles. The lowest BCUT2D eigenvalue weighted by Gasteiger charge is -2.09. The van der Waals surface area contributed by atoms with Gasteiger partial charge in [0.25, 0.3) is 11.5 Å². The fourth-order valence-corrected chi connectivity index (χ4v) is 3.01. The predicted molar refractivity (Wildman–Crippen MR) is 83.4 cm³/mol. The fraction of sp³-hybridized carbons (Fsp3) is 0.133. The van der Waals surface area contributed by atoms with Crippen molar-refractivity contribution in [1.82, 2.24) is 9.38 Å². The van der Waals surface area contributed by atoms with Crippen LogP contribution in [-0.4, -0.2) is 15.3 Å². The molecule has 3 aromatic rings. The Hall–Kier alpha value is -2.67. The van der Waals surface area contributed by atoms with Crippen LogP contribution >= 0.6 is 11.3 Å². The summed E-state index contributed by atoms with van der Waals surface area (Å²) in [5.41, 5.74) is 6.81. The highest BCUT2D eigenvalue weighted by Gasteiger charge is 2.10. The fourth-order valence-electron chi connectivity index (χ4n) is 2.12. The quantitative estimate of drug-likeness (QED) is 0.794. The summed E-state index contributed by atoms with van der Waals surface area (Å²) in [6.07, 6.45) is 0. The van der Waals surface area contributed by atoms with Gasteiger partial charge in [-0.15, -0.1) is 11.3 Å². The van der Waals surface area contributed by atoms with E-state index in [1.165, 1.54) is 17.4 Å². The molecule has 2 N–H and O–H groups in total. The zero-order valence-electron chi connectivity index (χ0n) is 11.8. The number of carbonyl (C=O) groups excluding carboxylic acids is 1. The number of ether oxygens (including phenoxy) is 1. The molecule has 0 aliphatic rings. The first-order chi connectivity index (χ1) is 10.6. The van der Waals surface area contributed by atoms with E-state index in [1.54, 1.807) is 28.7 Å². The molecule has 6 nitrogen and oxygen atoms in total. The van der Waals surface area contributed by atoms with E-state index in [4.69, 9.17) is 10.5 Å². The highest BCUT2D eigenvalue weighted by Crippen LogP contribution is 2.19. The lowest BCUT2D eigenvalue weighted by atomic mass is 10.2. The minimum absolute atomic E-state index is 0.0903. The number of primary amides is 1. The third kappa shape index (κ3) is 2.58. The molecule has 0 fully saturated rings. The van der Waals surface area contributed by atoms with Crippen LogP contribution in [0.15, 0.2) is 40.5 Å². The van der Waals surface area contributed by atoms with Crippen molar-refractivity contribution >= 4 is 22.2 Å². The number of benzene rings is 1. The van der Waals surface area contributed by atoms with Crippen molar-refractivity contribution in [2.75, 3.05) is 0 Å². The van der Waals surface area contributed by atoms with Crippen LogP contribution in [-0.2, 0) is 6.61 Å². The van der Waals surface area contributed by atoms with Crippen LogP contribution in [0.2, 0.25) is 0 Å². The molecule has 1 amide bonds. The Morgan fingerprint density at radius 2 is 2.18 bits per heavy atom. The number of amides is 1. The number of nitrogens with zero attached hydrogens (tertiary/aromatic N) is 2. The second-order valence-electron chi connectivity index (χ2n) is 4.73. The first kappa shape index (κ1) is 14.3. The van der Waals surface area contributed by atoms with E-state index >= 15 is 0 Å². The van der Waals surface area contributed by atoms with Crippen LogP contribution < -0.4 is 16.0 Å². The number of nitrogens with two attached hydrogens (primary N) is 1. The highest BCUT2D eigenvalue weighted by atomic mass is 32.1. The summed E-state index contributed by atoms with van der Waals surface area (Å²) in [6.45, 7) is 1.94. The van der Waals surface area contributed by atoms with Gasteiger partial charge >= 0.3 is 0 Å². The van der Waals surface area contributed by atoms with Crippen LogP contribution in [0.1, 0.15) is 21.7 Å². The van der Waals surface area contributed by atoms with Crippen molar-refractivity contribution in [3.8, 4) is 5.75 Å². The Bertz CT molecular complexity index is 914. The molecule has 0 saturated carbocycles. The maximum atomic E-state index is 12.1. The van der Waals surface area contributed by atoms with E-state index in [0.717, 1.165) is 5.69 Å². The average molecular weight is 315 g/mol. The Kier molecular flexibility index (Phi) is 3.64. The smallest absolute Gasteiger partial charge is 0.259 e. The van der Waals surface area contributed by atoms with Gasteiger partial charge in [-0.2, -0.15) is 0 Å². The van der Waals surface area contributed by atoms with Crippen molar-refractivity contribution in [2.24, 2.45) is 5.73 Å². The van der Waals surface area contributed by atoms with Gasteiger partial charge in [-0.05, 0) is 19.1 Å². The van der Waals surface area contributed by atoms with Gasteiger partial charge in [0.1, 0.15) is 12.4 Å². The molecule has 0 bridgehead atoms. The summed E-state index contributed by atoms with van der Waals surface area (Å²) in [7, 11) is 0. The van der Waals surface area contributed by atoms with Gasteiger partial charge in [-0.1, -0.05) is 12.1 Å². The lowest BCUT2D eigenvalue weighted by molar-refractivity contribution is 0.0996. The largest absolute Gasteiger partial charge is 0.486 e. The number of thiazole rings is 1. The van der Waals surface area contributed by atoms with Crippen LogP contribution in [0.5, 0.6) is 5.75 Å². The monoisotopic (exact) mass is 315 g/mol. The van der Waals surface area contributed by atoms with Crippen molar-refractivity contribution in [3.05, 3.63) is 63.0 Å². The van der Waals surface area contributed by atoms with Crippen LogP contribution in [0.25, 0.3) is 4.96 Å². The molecular formula is C15H13N3O3S. The Morgan fingerprint density at radius 1 is 1.41 bits per heavy atom. The van der Waals surface area contributed by atoms with Crippen LogP contribution in [0.4, 0.5) is 0 Å². The van der Waals surface area contributed by atoms with Gasteiger partial charge in [-0.3, -0.25) is 14.0 Å². The molecule has 0 saturated heterocycles. The van der Waals surface area contributed by atoms with E-state index in [1.807, 2.05) is 12.3 Å². The second-order valence-corrected chi connectivity index (χ2v) is 5.57. The number of fused-ring (bicyclic) bond motifs is 1. The Morgan fingerprint density at radius 3 is 2.95 bits per heavy atom. The standard InChI is InChI=1S/C15H13N3O3S/c1-9-8-22-15-17-10(6-13(19)18(9)15)7-21-12-5-3-2-4-11(12)14(16)20/h2-6,8H,7H2,1H3,(H2,16,20). The number of para-hydroxylation sites is 1. The molecule has 2 heterocycles. The minimum atomic E-state index is -0.562. The first-order valence-corrected chi connectivity index (χ1v) is 7.42. The summed E-state index contributed by atoms with van der Waals surface area (Å²) in [4.78, 5) is 28.4. The zero-order chi connectivity index (χ0) is 15.7. The van der Waals surface area contributed by atoms with Crippen molar-refractivity contribution in [1.29, 1.82) is 0 Å². The van der Waals surface area contributed by atoms with Crippen molar-refractivity contribution in [2.45, 2.75) is 13.5 Å². The van der Waals surface area contributed by atoms with E-state index in [9.17, 15) is 9.59 Å². The van der Waals surface area contributed by atoms with E-state index < -0.39 is 5.91 Å². The minimum Gasteiger partial charge on any atom is -0.486 e. The molecule has 0 unspecified atom stereocenters. The molecule has 22 heavy (non-hydrogen) atoms. The van der Waals surface area contributed by atoms with E-state index in [2.05, 4.69) is 4.98 Å². The number of aryl methyl sites for hydroxylation is 1. The average Bonchev–Trinajstić information content (AvgIpc) is 2.87. The molecule has 3 rings (SSSR count). The number of aromatic nitrogens is 2. The van der Waals surface area contributed by atoms with Crippen molar-refractivity contribution < 1.29 is 9.53 Å². The second kappa shape index (κ2) is 5.61. The van der Waals surface area contributed by atoms with E-state index in [-0.39, 0.29) is 12.2 Å². The van der Waals surface area contributed by atoms with Crippen LogP contribution in [0.3, 0.4) is 0 Å². The summed E-state index contributed by atoms with van der Waals surface area (Å²) in [5.74, 6) is -0.188. The molecule has 2 aromatic heterocycles. The van der Waals surface area contributed by atoms with Crippen molar-refractivity contribution in [3.63, 3.8) is 0 Å². The summed E-state index contributed by atoms with van der Waals surface area (Å²) in [5, 5.41) is 1.87. The van der Waals surface area contributed by atoms with Crippen LogP contribution in [0, 0.1) is 6.92 Å². The maximum Gasteiger partial charge on any atom is 0.259 e. The molecular weight excluding hydrogens is 302 g/mol. The molecule has 7 heteroatoms. The van der Waals surface area contributed by atoms with Gasteiger partial charge in [0.15, 0.2) is 4.96 Å². The lowest BCUT2D eigenvalue weighted by Crippen LogP contribution is -2.16. The number of hydrogen-bond acceptors (Lipinski definition) is 5. The summed E-state index contributed by atoms with van der Waals surface area (Å²) < 4.78 is 7.14. The topological polar surface area (TPSA) is 86.7 Å². The zero-order valence-corrected chi connectivity index (χ0v) is 12.6. The predicted octanol–water partition coefficient (Wildman–Crippen LogP) is 1.74. The maximum absolute atomic E-state index is 12.1. The highest BCUT2D eigenvalue weighted by molar-refractivity contribution is 7.15. The van der Waals surface area contributed by atoms with Gasteiger partial charge in [0, 0.05) is 17.1 Å². The molecule has 0 atom stereocenters. The van der Waals surface area contributed by atoms with Gasteiger partial charge in [-0.25, -0.2) is 4.98 Å². The third-order valence-corrected chi connectivity index (χ3v) is 4.10. The SMILES string of the molecule is Cc1csc2nc(COc3ccccc3C(N)=O)cc(=O)n12. The molecule has 0 spiro atoms.